The maximum absolute atomic E-state index is 9.75. The van der Waals surface area contributed by atoms with Crippen LogP contribution in [0, 0.1) is 23.9 Å². The second kappa shape index (κ2) is 12.0. The van der Waals surface area contributed by atoms with Gasteiger partial charge in [0.1, 0.15) is 24.2 Å². The van der Waals surface area contributed by atoms with E-state index in [9.17, 15) is 22.4 Å². The molecule has 0 bridgehead atoms. The van der Waals surface area contributed by atoms with E-state index in [0.29, 0.717) is 23.7 Å². The number of hydrogen-bond acceptors (Lipinski definition) is 2. The highest BCUT2D eigenvalue weighted by Crippen LogP contribution is 2.44. The topological polar surface area (TPSA) is 29.5 Å². The van der Waals surface area contributed by atoms with Crippen LogP contribution in [0.2, 0.25) is 0 Å². The van der Waals surface area contributed by atoms with E-state index >= 15 is 0 Å². The fraction of sp³-hybridized carbons (Fsp3) is 0.640. The van der Waals surface area contributed by atoms with Crippen molar-refractivity contribution in [3.63, 3.8) is 0 Å². The molecule has 32 heavy (non-hydrogen) atoms. The molecular formula is C25H35BF4O2. The number of aromatic hydroxyl groups is 1. The Morgan fingerprint density at radius 3 is 2.03 bits per heavy atom. The fourth-order valence-corrected chi connectivity index (χ4v) is 5.39. The van der Waals surface area contributed by atoms with Crippen LogP contribution in [0.5, 0.6) is 5.75 Å². The molecule has 3 aliphatic rings. The van der Waals surface area contributed by atoms with Crippen LogP contribution < -0.4 is 0 Å². The van der Waals surface area contributed by atoms with Crippen molar-refractivity contribution in [1.29, 1.82) is 0 Å². The van der Waals surface area contributed by atoms with Crippen molar-refractivity contribution in [2.45, 2.75) is 83.2 Å². The number of halogens is 4. The maximum atomic E-state index is 9.75. The molecule has 0 amide bonds. The lowest BCUT2D eigenvalue weighted by Crippen LogP contribution is -2.37. The summed E-state index contributed by atoms with van der Waals surface area (Å²) in [6.07, 6.45) is 22.5. The first-order valence-corrected chi connectivity index (χ1v) is 12.1. The molecule has 2 saturated carbocycles. The third-order valence-electron chi connectivity index (χ3n) is 6.99. The van der Waals surface area contributed by atoms with Crippen molar-refractivity contribution in [3.8, 4) is 5.75 Å². The molecule has 2 aliphatic carbocycles. The second-order valence-electron chi connectivity index (χ2n) is 9.50. The second-order valence-corrected chi connectivity index (χ2v) is 9.50. The molecular weight excluding hydrogens is 419 g/mol. The summed E-state index contributed by atoms with van der Waals surface area (Å²) < 4.78 is 45.7. The quantitative estimate of drug-likeness (QED) is 0.282. The van der Waals surface area contributed by atoms with E-state index in [1.807, 2.05) is 12.1 Å². The monoisotopic (exact) mass is 454 g/mol. The molecule has 2 nitrogen and oxygen atoms in total. The molecule has 2 unspecified atom stereocenters. The van der Waals surface area contributed by atoms with Crippen LogP contribution in [0.25, 0.3) is 6.08 Å². The summed E-state index contributed by atoms with van der Waals surface area (Å²) in [4.78, 5) is 0. The lowest BCUT2D eigenvalue weighted by molar-refractivity contribution is -0.0604. The Balaban J connectivity index is 0.000000523. The van der Waals surface area contributed by atoms with Gasteiger partial charge in [-0.05, 0) is 68.6 Å². The van der Waals surface area contributed by atoms with Gasteiger partial charge in [-0.15, -0.1) is 0 Å². The minimum atomic E-state index is -6.00. The van der Waals surface area contributed by atoms with Gasteiger partial charge < -0.3 is 22.4 Å². The van der Waals surface area contributed by atoms with E-state index in [1.165, 1.54) is 82.3 Å². The van der Waals surface area contributed by atoms with Crippen LogP contribution in [0.15, 0.2) is 30.3 Å². The van der Waals surface area contributed by atoms with Gasteiger partial charge in [0, 0.05) is 5.92 Å². The van der Waals surface area contributed by atoms with Gasteiger partial charge in [-0.2, -0.15) is 4.74 Å². The molecule has 178 valence electrons. The minimum Gasteiger partial charge on any atom is -0.508 e. The first-order valence-electron chi connectivity index (χ1n) is 12.1. The van der Waals surface area contributed by atoms with Crippen molar-refractivity contribution in [1.82, 2.24) is 0 Å². The lowest BCUT2D eigenvalue weighted by atomic mass is 9.75. The SMILES string of the molecule is F[B-](F)(F)F.Oc1ccc(/C=C/C2C[C+](C3CCCCC3)OC(C3CCCCC3)C2)cc1. The van der Waals surface area contributed by atoms with Gasteiger partial charge in [-0.1, -0.05) is 50.0 Å². The number of ether oxygens (including phenoxy) is 1. The Morgan fingerprint density at radius 1 is 0.875 bits per heavy atom. The first kappa shape index (κ1) is 25.0. The zero-order valence-electron chi connectivity index (χ0n) is 18.7. The van der Waals surface area contributed by atoms with Gasteiger partial charge in [0.05, 0.1) is 0 Å². The van der Waals surface area contributed by atoms with E-state index < -0.39 is 7.25 Å². The van der Waals surface area contributed by atoms with Crippen LogP contribution in [-0.2, 0) is 4.74 Å². The molecule has 0 aromatic heterocycles. The number of hydrogen-bond donors (Lipinski definition) is 1. The zero-order chi connectivity index (χ0) is 23.0. The summed E-state index contributed by atoms with van der Waals surface area (Å²) >= 11 is 0. The summed E-state index contributed by atoms with van der Waals surface area (Å²) in [7, 11) is -6.00. The Hall–Kier alpha value is -1.63. The number of benzene rings is 1. The number of phenolic OH excluding ortho intramolecular Hbond substituents is 1. The molecule has 1 aromatic carbocycles. The molecule has 3 fully saturated rings. The molecule has 0 spiro atoms. The van der Waals surface area contributed by atoms with Crippen molar-refractivity contribution < 1.29 is 27.1 Å². The Bertz CT molecular complexity index is 663. The summed E-state index contributed by atoms with van der Waals surface area (Å²) in [5, 5.41) is 9.49. The molecule has 2 atom stereocenters. The van der Waals surface area contributed by atoms with E-state index in [1.54, 1.807) is 12.1 Å². The summed E-state index contributed by atoms with van der Waals surface area (Å²) in [5.74, 6) is 2.40. The third-order valence-corrected chi connectivity index (χ3v) is 6.99. The van der Waals surface area contributed by atoms with Gasteiger partial charge in [-0.25, -0.2) is 0 Å². The van der Waals surface area contributed by atoms with Gasteiger partial charge >= 0.3 is 7.25 Å². The van der Waals surface area contributed by atoms with Crippen molar-refractivity contribution in [2.24, 2.45) is 17.8 Å². The number of rotatable bonds is 4. The van der Waals surface area contributed by atoms with Gasteiger partial charge in [0.15, 0.2) is 0 Å². The van der Waals surface area contributed by atoms with Crippen molar-refractivity contribution >= 4 is 13.3 Å². The van der Waals surface area contributed by atoms with E-state index in [2.05, 4.69) is 12.2 Å². The molecule has 4 rings (SSSR count). The molecule has 1 N–H and O–H groups in total. The van der Waals surface area contributed by atoms with E-state index in [0.717, 1.165) is 12.3 Å². The fourth-order valence-electron chi connectivity index (χ4n) is 5.39. The molecule has 7 heteroatoms. The summed E-state index contributed by atoms with van der Waals surface area (Å²) in [5.41, 5.74) is 1.17. The van der Waals surface area contributed by atoms with Crippen LogP contribution >= 0.6 is 0 Å². The van der Waals surface area contributed by atoms with Gasteiger partial charge in [0.2, 0.25) is 6.10 Å². The highest BCUT2D eigenvalue weighted by molar-refractivity contribution is 6.50. The Labute approximate surface area is 189 Å². The largest absolute Gasteiger partial charge is 0.673 e. The highest BCUT2D eigenvalue weighted by atomic mass is 19.5. The Kier molecular flexibility index (Phi) is 9.39. The van der Waals surface area contributed by atoms with Crippen molar-refractivity contribution in [2.75, 3.05) is 0 Å². The molecule has 1 aromatic rings. The average molecular weight is 454 g/mol. The zero-order valence-corrected chi connectivity index (χ0v) is 18.7. The predicted molar refractivity (Wildman–Crippen MR) is 121 cm³/mol. The lowest BCUT2D eigenvalue weighted by Gasteiger charge is -2.35. The van der Waals surface area contributed by atoms with Gasteiger partial charge in [0.25, 0.3) is 0 Å². The smallest absolute Gasteiger partial charge is 0.508 e. The van der Waals surface area contributed by atoms with Crippen LogP contribution in [-0.4, -0.2) is 18.5 Å². The number of phenols is 1. The van der Waals surface area contributed by atoms with Crippen molar-refractivity contribution in [3.05, 3.63) is 42.0 Å². The molecule has 1 aliphatic heterocycles. The first-order chi connectivity index (χ1) is 15.3. The summed E-state index contributed by atoms with van der Waals surface area (Å²) in [6.45, 7) is 0. The predicted octanol–water partition coefficient (Wildman–Crippen LogP) is 8.19. The molecule has 1 saturated heterocycles. The Morgan fingerprint density at radius 2 is 1.44 bits per heavy atom. The number of allylic oxidation sites excluding steroid dienone is 1. The van der Waals surface area contributed by atoms with Gasteiger partial charge in [-0.3, -0.25) is 0 Å². The van der Waals surface area contributed by atoms with Crippen LogP contribution in [0.4, 0.5) is 17.3 Å². The normalized spacial score (nSPS) is 26.1. The highest BCUT2D eigenvalue weighted by Gasteiger charge is 2.46. The molecule has 0 radical (unpaired) electrons. The van der Waals surface area contributed by atoms with Crippen LogP contribution in [0.1, 0.15) is 82.6 Å². The summed E-state index contributed by atoms with van der Waals surface area (Å²) in [6, 6.07) is 7.53. The third kappa shape index (κ3) is 8.72. The average Bonchev–Trinajstić information content (AvgIpc) is 2.79. The van der Waals surface area contributed by atoms with Crippen LogP contribution in [0.3, 0.4) is 0 Å². The maximum Gasteiger partial charge on any atom is 0.673 e. The standard InChI is InChI=1S/C25H34O2.BF4/c26-23-15-13-19(14-16-23)11-12-20-17-24(21-7-3-1-4-8-21)27-25(18-20)22-9-5-2-6-10-22;2-1(3,4)5/h11-16,20-22,24H,1-10,17-18H2;/q;-1/p+1/b12-11+;. The minimum absolute atomic E-state index is 0.337. The molecule has 1 heterocycles. The van der Waals surface area contributed by atoms with E-state index in [4.69, 9.17) is 4.74 Å². The van der Waals surface area contributed by atoms with E-state index in [-0.39, 0.29) is 0 Å².